The van der Waals surface area contributed by atoms with Crippen LogP contribution in [-0.2, 0) is 17.6 Å². The van der Waals surface area contributed by atoms with Gasteiger partial charge in [0.2, 0.25) is 0 Å². The lowest BCUT2D eigenvalue weighted by Crippen LogP contribution is -2.38. The van der Waals surface area contributed by atoms with E-state index in [9.17, 15) is 0 Å². The van der Waals surface area contributed by atoms with Crippen LogP contribution >= 0.6 is 12.2 Å². The molecule has 0 unspecified atom stereocenters. The Bertz CT molecular complexity index is 539. The summed E-state index contributed by atoms with van der Waals surface area (Å²) in [5.74, 6) is 0.984. The van der Waals surface area contributed by atoms with Gasteiger partial charge in [-0.05, 0) is 50.2 Å². The molecular formula is C16H23N3OS. The number of nitrogens with zero attached hydrogens (tertiary/aromatic N) is 2. The molecule has 0 spiro atoms. The molecule has 1 fully saturated rings. The highest BCUT2D eigenvalue weighted by molar-refractivity contribution is 7.80. The minimum absolute atomic E-state index is 0.368. The average Bonchev–Trinajstić information content (AvgIpc) is 2.53. The number of aromatic nitrogens is 1. The van der Waals surface area contributed by atoms with Crippen molar-refractivity contribution in [3.63, 3.8) is 0 Å². The number of ether oxygens (including phenoxy) is 1. The quantitative estimate of drug-likeness (QED) is 0.868. The number of thiocarbonyl (C=S) groups is 1. The lowest BCUT2D eigenvalue weighted by Gasteiger charge is -2.34. The fraction of sp³-hybridized carbons (Fsp3) is 0.625. The third kappa shape index (κ3) is 3.04. The Morgan fingerprint density at radius 2 is 2.05 bits per heavy atom. The molecule has 4 nitrogen and oxygen atoms in total. The second-order valence-corrected chi connectivity index (χ2v) is 6.40. The third-order valence-electron chi connectivity index (χ3n) is 4.62. The number of pyridine rings is 1. The molecule has 1 aliphatic heterocycles. The molecule has 1 saturated heterocycles. The maximum atomic E-state index is 5.95. The minimum Gasteiger partial charge on any atom is -0.389 e. The van der Waals surface area contributed by atoms with Crippen molar-refractivity contribution in [2.45, 2.75) is 44.6 Å². The Kier molecular flexibility index (Phi) is 4.40. The number of nitrogens with two attached hydrogens (primary N) is 1. The molecule has 2 N–H and O–H groups in total. The molecule has 2 heterocycles. The number of hydrogen-bond donors (Lipinski definition) is 1. The highest BCUT2D eigenvalue weighted by atomic mass is 32.1. The molecule has 0 atom stereocenters. The molecule has 5 heteroatoms. The first-order valence-corrected chi connectivity index (χ1v) is 8.20. The highest BCUT2D eigenvalue weighted by Crippen LogP contribution is 2.29. The number of rotatable bonds is 3. The molecular weight excluding hydrogens is 282 g/mol. The predicted molar refractivity (Wildman–Crippen MR) is 89.0 cm³/mol. The van der Waals surface area contributed by atoms with Crippen LogP contribution in [0.1, 0.15) is 42.5 Å². The molecule has 0 aromatic carbocycles. The van der Waals surface area contributed by atoms with E-state index in [1.54, 1.807) is 7.11 Å². The maximum absolute atomic E-state index is 5.95. The van der Waals surface area contributed by atoms with Gasteiger partial charge in [-0.15, -0.1) is 0 Å². The second-order valence-electron chi connectivity index (χ2n) is 5.96. The molecule has 3 rings (SSSR count). The van der Waals surface area contributed by atoms with Gasteiger partial charge in [0.05, 0.1) is 11.7 Å². The fourth-order valence-electron chi connectivity index (χ4n) is 3.35. The van der Waals surface area contributed by atoms with Crippen molar-refractivity contribution in [2.24, 2.45) is 5.73 Å². The number of aryl methyl sites for hydroxylation is 2. The van der Waals surface area contributed by atoms with E-state index >= 15 is 0 Å². The van der Waals surface area contributed by atoms with Gasteiger partial charge in [0, 0.05) is 25.9 Å². The van der Waals surface area contributed by atoms with Crippen LogP contribution in [0, 0.1) is 0 Å². The van der Waals surface area contributed by atoms with Crippen LogP contribution in [0.25, 0.3) is 0 Å². The predicted octanol–water partition coefficient (Wildman–Crippen LogP) is 2.21. The van der Waals surface area contributed by atoms with Crippen LogP contribution in [0.4, 0.5) is 5.82 Å². The minimum atomic E-state index is 0.368. The zero-order valence-corrected chi connectivity index (χ0v) is 13.4. The van der Waals surface area contributed by atoms with Crippen LogP contribution in [0.5, 0.6) is 0 Å². The zero-order valence-electron chi connectivity index (χ0n) is 12.6. The summed E-state index contributed by atoms with van der Waals surface area (Å²) in [6, 6.07) is 2.18. The molecule has 114 valence electrons. The SMILES string of the molecule is COC1CCN(c2nc3c(cc2C(N)=S)CCCC3)CC1. The molecule has 21 heavy (non-hydrogen) atoms. The molecule has 0 amide bonds. The summed E-state index contributed by atoms with van der Waals surface area (Å²) < 4.78 is 5.45. The monoisotopic (exact) mass is 305 g/mol. The normalized spacial score (nSPS) is 19.4. The van der Waals surface area contributed by atoms with E-state index in [2.05, 4.69) is 11.0 Å². The number of hydrogen-bond acceptors (Lipinski definition) is 4. The highest BCUT2D eigenvalue weighted by Gasteiger charge is 2.24. The van der Waals surface area contributed by atoms with Crippen LogP contribution in [0.3, 0.4) is 0 Å². The van der Waals surface area contributed by atoms with Crippen molar-refractivity contribution >= 4 is 23.0 Å². The van der Waals surface area contributed by atoms with E-state index in [0.717, 1.165) is 50.2 Å². The van der Waals surface area contributed by atoms with Gasteiger partial charge in [-0.3, -0.25) is 0 Å². The summed E-state index contributed by atoms with van der Waals surface area (Å²) in [7, 11) is 1.79. The number of piperidine rings is 1. The molecule has 0 bridgehead atoms. The van der Waals surface area contributed by atoms with Crippen LogP contribution in [0.2, 0.25) is 0 Å². The van der Waals surface area contributed by atoms with Crippen LogP contribution < -0.4 is 10.6 Å². The average molecular weight is 305 g/mol. The molecule has 1 aromatic rings. The van der Waals surface area contributed by atoms with Crippen molar-refractivity contribution in [2.75, 3.05) is 25.1 Å². The zero-order chi connectivity index (χ0) is 14.8. The van der Waals surface area contributed by atoms with E-state index < -0.39 is 0 Å². The molecule has 1 aliphatic carbocycles. The Morgan fingerprint density at radius 1 is 1.33 bits per heavy atom. The van der Waals surface area contributed by atoms with Crippen molar-refractivity contribution in [3.8, 4) is 0 Å². The largest absolute Gasteiger partial charge is 0.389 e. The van der Waals surface area contributed by atoms with Crippen molar-refractivity contribution in [1.82, 2.24) is 4.98 Å². The van der Waals surface area contributed by atoms with Gasteiger partial charge in [0.25, 0.3) is 0 Å². The van der Waals surface area contributed by atoms with E-state index in [1.165, 1.54) is 24.1 Å². The van der Waals surface area contributed by atoms with Crippen molar-refractivity contribution in [3.05, 3.63) is 22.9 Å². The standard InChI is InChI=1S/C16H23N3OS/c1-20-12-6-8-19(9-7-12)16-13(15(17)21)10-11-4-2-3-5-14(11)18-16/h10,12H,2-9H2,1H3,(H2,17,21). The molecule has 0 radical (unpaired) electrons. The van der Waals surface area contributed by atoms with Crippen LogP contribution in [-0.4, -0.2) is 36.3 Å². The Morgan fingerprint density at radius 3 is 2.71 bits per heavy atom. The first kappa shape index (κ1) is 14.7. The number of fused-ring (bicyclic) bond motifs is 1. The molecule has 1 aromatic heterocycles. The van der Waals surface area contributed by atoms with Crippen LogP contribution in [0.15, 0.2) is 6.07 Å². The second kappa shape index (κ2) is 6.28. The third-order valence-corrected chi connectivity index (χ3v) is 4.84. The van der Waals surface area contributed by atoms with Crippen molar-refractivity contribution < 1.29 is 4.74 Å². The summed E-state index contributed by atoms with van der Waals surface area (Å²) in [5, 5.41) is 0. The smallest absolute Gasteiger partial charge is 0.139 e. The van der Waals surface area contributed by atoms with Gasteiger partial charge in [0.1, 0.15) is 10.8 Å². The van der Waals surface area contributed by atoms with Gasteiger partial charge in [-0.25, -0.2) is 4.98 Å². The molecule has 2 aliphatic rings. The fourth-order valence-corrected chi connectivity index (χ4v) is 3.50. The van der Waals surface area contributed by atoms with Gasteiger partial charge >= 0.3 is 0 Å². The maximum Gasteiger partial charge on any atom is 0.139 e. The topological polar surface area (TPSA) is 51.4 Å². The number of methoxy groups -OCH3 is 1. The van der Waals surface area contributed by atoms with E-state index in [1.807, 2.05) is 0 Å². The summed E-state index contributed by atoms with van der Waals surface area (Å²) >= 11 is 5.26. The van der Waals surface area contributed by atoms with Gasteiger partial charge in [0.15, 0.2) is 0 Å². The summed E-state index contributed by atoms with van der Waals surface area (Å²) in [6.07, 6.45) is 7.09. The Labute approximate surface area is 131 Å². The Hall–Kier alpha value is -1.20. The van der Waals surface area contributed by atoms with Crippen molar-refractivity contribution in [1.29, 1.82) is 0 Å². The summed E-state index contributed by atoms with van der Waals surface area (Å²) in [4.78, 5) is 7.70. The van der Waals surface area contributed by atoms with Gasteiger partial charge in [-0.1, -0.05) is 12.2 Å². The molecule has 0 saturated carbocycles. The van der Waals surface area contributed by atoms with Gasteiger partial charge < -0.3 is 15.4 Å². The van der Waals surface area contributed by atoms with E-state index in [4.69, 9.17) is 27.7 Å². The van der Waals surface area contributed by atoms with E-state index in [-0.39, 0.29) is 0 Å². The first-order chi connectivity index (χ1) is 10.2. The van der Waals surface area contributed by atoms with E-state index in [0.29, 0.717) is 11.1 Å². The lowest BCUT2D eigenvalue weighted by molar-refractivity contribution is 0.0818. The first-order valence-electron chi connectivity index (χ1n) is 7.79. The lowest BCUT2D eigenvalue weighted by atomic mass is 9.94. The number of anilines is 1. The Balaban J connectivity index is 1.91. The summed E-state index contributed by atoms with van der Waals surface area (Å²) in [5.41, 5.74) is 9.47. The van der Waals surface area contributed by atoms with Gasteiger partial charge in [-0.2, -0.15) is 0 Å². The summed E-state index contributed by atoms with van der Waals surface area (Å²) in [6.45, 7) is 1.92.